The number of halogens is 1. The zero-order valence-corrected chi connectivity index (χ0v) is 10.5. The number of hydrogen-bond acceptors (Lipinski definition) is 2. The molecule has 0 amide bonds. The van der Waals surface area contributed by atoms with E-state index < -0.39 is 5.97 Å². The van der Waals surface area contributed by atoms with E-state index in [1.807, 2.05) is 6.07 Å². The van der Waals surface area contributed by atoms with E-state index in [4.69, 9.17) is 11.6 Å². The normalized spacial score (nSPS) is 10.8. The van der Waals surface area contributed by atoms with E-state index in [0.29, 0.717) is 10.7 Å². The largest absolute Gasteiger partial charge is 0.478 e. The third kappa shape index (κ3) is 1.96. The first kappa shape index (κ1) is 11.7. The lowest BCUT2D eigenvalue weighted by atomic mass is 10.1. The van der Waals surface area contributed by atoms with Crippen LogP contribution >= 0.6 is 11.6 Å². The van der Waals surface area contributed by atoms with E-state index >= 15 is 0 Å². The lowest BCUT2D eigenvalue weighted by Crippen LogP contribution is -2.04. The second-order valence-electron chi connectivity index (χ2n) is 4.07. The molecular weight excluding hydrogens is 264 g/mol. The molecule has 0 spiro atoms. The number of para-hydroxylation sites is 1. The summed E-state index contributed by atoms with van der Waals surface area (Å²) in [5, 5.41) is 9.83. The number of fused-ring (bicyclic) bond motifs is 1. The van der Waals surface area contributed by atoms with Crippen LogP contribution in [0.25, 0.3) is 16.7 Å². The van der Waals surface area contributed by atoms with Crippen LogP contribution < -0.4 is 0 Å². The van der Waals surface area contributed by atoms with E-state index in [1.54, 1.807) is 47.3 Å². The molecule has 4 nitrogen and oxygen atoms in total. The number of carboxylic acids is 1. The molecule has 0 aliphatic heterocycles. The van der Waals surface area contributed by atoms with Crippen LogP contribution in [0.1, 0.15) is 10.4 Å². The van der Waals surface area contributed by atoms with Gasteiger partial charge in [0.2, 0.25) is 0 Å². The quantitative estimate of drug-likeness (QED) is 0.778. The van der Waals surface area contributed by atoms with Gasteiger partial charge in [-0.2, -0.15) is 0 Å². The molecule has 3 aromatic rings. The van der Waals surface area contributed by atoms with E-state index in [9.17, 15) is 9.90 Å². The third-order valence-corrected chi connectivity index (χ3v) is 3.14. The van der Waals surface area contributed by atoms with Gasteiger partial charge in [0, 0.05) is 5.02 Å². The molecule has 0 unspecified atom stereocenters. The van der Waals surface area contributed by atoms with E-state index in [2.05, 4.69) is 4.98 Å². The zero-order chi connectivity index (χ0) is 13.4. The summed E-state index contributed by atoms with van der Waals surface area (Å²) in [6.07, 6.45) is 1.60. The molecule has 3 rings (SSSR count). The second kappa shape index (κ2) is 4.40. The average molecular weight is 273 g/mol. The van der Waals surface area contributed by atoms with Crippen molar-refractivity contribution in [3.63, 3.8) is 0 Å². The maximum Gasteiger partial charge on any atom is 0.337 e. The predicted octanol–water partition coefficient (Wildman–Crippen LogP) is 3.38. The Morgan fingerprint density at radius 3 is 2.79 bits per heavy atom. The number of aromatic nitrogens is 2. The Kier molecular flexibility index (Phi) is 2.72. The summed E-state index contributed by atoms with van der Waals surface area (Å²) < 4.78 is 1.75. The molecular formula is C14H9ClN2O2. The molecule has 94 valence electrons. The molecule has 19 heavy (non-hydrogen) atoms. The Morgan fingerprint density at radius 2 is 2.00 bits per heavy atom. The molecule has 0 fully saturated rings. The first-order valence-electron chi connectivity index (χ1n) is 5.62. The maximum absolute atomic E-state index is 11.3. The number of aromatic carboxylic acids is 1. The number of carbonyl (C=O) groups is 1. The molecule has 1 N–H and O–H groups in total. The van der Waals surface area contributed by atoms with Gasteiger partial charge >= 0.3 is 5.97 Å². The van der Waals surface area contributed by atoms with Crippen molar-refractivity contribution in [1.82, 2.24) is 9.55 Å². The summed E-state index contributed by atoms with van der Waals surface area (Å²) >= 11 is 5.91. The Balaban J connectivity index is 2.28. The molecule has 0 radical (unpaired) electrons. The Hall–Kier alpha value is -2.33. The van der Waals surface area contributed by atoms with E-state index in [0.717, 1.165) is 11.0 Å². The van der Waals surface area contributed by atoms with E-state index in [1.165, 1.54) is 0 Å². The molecule has 2 aromatic carbocycles. The van der Waals surface area contributed by atoms with Gasteiger partial charge in [0.25, 0.3) is 0 Å². The minimum absolute atomic E-state index is 0.233. The molecule has 0 atom stereocenters. The minimum atomic E-state index is -0.966. The Bertz CT molecular complexity index is 780. The van der Waals surface area contributed by atoms with Crippen molar-refractivity contribution >= 4 is 28.6 Å². The second-order valence-corrected chi connectivity index (χ2v) is 4.51. The molecule has 0 bridgehead atoms. The maximum atomic E-state index is 11.3. The first-order chi connectivity index (χ1) is 9.16. The van der Waals surface area contributed by atoms with Gasteiger partial charge < -0.3 is 5.11 Å². The van der Waals surface area contributed by atoms with E-state index in [-0.39, 0.29) is 5.56 Å². The fraction of sp³-hybridized carbons (Fsp3) is 0. The molecule has 0 saturated heterocycles. The van der Waals surface area contributed by atoms with Gasteiger partial charge in [-0.05, 0) is 30.3 Å². The van der Waals surface area contributed by atoms with Crippen molar-refractivity contribution in [3.8, 4) is 5.69 Å². The number of nitrogens with zero attached hydrogens (tertiary/aromatic N) is 2. The molecule has 1 heterocycles. The zero-order valence-electron chi connectivity index (χ0n) is 9.75. The van der Waals surface area contributed by atoms with Crippen LogP contribution in [0.5, 0.6) is 0 Å². The van der Waals surface area contributed by atoms with Crippen LogP contribution in [-0.4, -0.2) is 20.6 Å². The molecule has 5 heteroatoms. The minimum Gasteiger partial charge on any atom is -0.478 e. The average Bonchev–Trinajstić information content (AvgIpc) is 2.81. The van der Waals surface area contributed by atoms with Crippen LogP contribution in [0.4, 0.5) is 0 Å². The van der Waals surface area contributed by atoms with Crippen LogP contribution in [0.2, 0.25) is 5.02 Å². The summed E-state index contributed by atoms with van der Waals surface area (Å²) in [4.78, 5) is 15.5. The van der Waals surface area contributed by atoms with Crippen molar-refractivity contribution in [2.24, 2.45) is 0 Å². The van der Waals surface area contributed by atoms with Gasteiger partial charge in [-0.1, -0.05) is 23.7 Å². The summed E-state index contributed by atoms with van der Waals surface area (Å²) in [6.45, 7) is 0. The lowest BCUT2D eigenvalue weighted by molar-refractivity contribution is 0.0697. The number of carboxylic acid groups (broad SMARTS) is 1. The van der Waals surface area contributed by atoms with Crippen LogP contribution in [0, 0.1) is 0 Å². The Labute approximate surface area is 113 Å². The van der Waals surface area contributed by atoms with Gasteiger partial charge in [-0.3, -0.25) is 4.57 Å². The topological polar surface area (TPSA) is 55.1 Å². The predicted molar refractivity (Wildman–Crippen MR) is 73.0 cm³/mol. The van der Waals surface area contributed by atoms with Gasteiger partial charge in [0.1, 0.15) is 6.33 Å². The van der Waals surface area contributed by atoms with Crippen LogP contribution in [0.3, 0.4) is 0 Å². The fourth-order valence-corrected chi connectivity index (χ4v) is 2.21. The number of imidazole rings is 1. The van der Waals surface area contributed by atoms with Crippen LogP contribution in [-0.2, 0) is 0 Å². The summed E-state index contributed by atoms with van der Waals surface area (Å²) in [6, 6.07) is 12.1. The SMILES string of the molecule is O=C(O)c1ccccc1-n1cnc2cc(Cl)ccc21. The highest BCUT2D eigenvalue weighted by molar-refractivity contribution is 6.31. The van der Waals surface area contributed by atoms with Crippen molar-refractivity contribution in [3.05, 3.63) is 59.4 Å². The highest BCUT2D eigenvalue weighted by atomic mass is 35.5. The third-order valence-electron chi connectivity index (χ3n) is 2.90. The molecule has 0 aliphatic rings. The Morgan fingerprint density at radius 1 is 1.21 bits per heavy atom. The molecule has 0 aliphatic carbocycles. The van der Waals surface area contributed by atoms with Gasteiger partial charge in [-0.25, -0.2) is 9.78 Å². The van der Waals surface area contributed by atoms with Crippen molar-refractivity contribution in [1.29, 1.82) is 0 Å². The monoisotopic (exact) mass is 272 g/mol. The number of hydrogen-bond donors (Lipinski definition) is 1. The smallest absolute Gasteiger partial charge is 0.337 e. The number of benzene rings is 2. The molecule has 0 saturated carbocycles. The standard InChI is InChI=1S/C14H9ClN2O2/c15-9-5-6-13-11(7-9)16-8-17(13)12-4-2-1-3-10(12)14(18)19/h1-8H,(H,18,19). The molecule has 1 aromatic heterocycles. The van der Waals surface area contributed by atoms with Crippen molar-refractivity contribution in [2.45, 2.75) is 0 Å². The van der Waals surface area contributed by atoms with Crippen LogP contribution in [0.15, 0.2) is 48.8 Å². The summed E-state index contributed by atoms with van der Waals surface area (Å²) in [5.41, 5.74) is 2.36. The van der Waals surface area contributed by atoms with Crippen molar-refractivity contribution in [2.75, 3.05) is 0 Å². The first-order valence-corrected chi connectivity index (χ1v) is 6.00. The summed E-state index contributed by atoms with van der Waals surface area (Å²) in [7, 11) is 0. The highest BCUT2D eigenvalue weighted by Crippen LogP contribution is 2.23. The van der Waals surface area contributed by atoms with Gasteiger partial charge in [-0.15, -0.1) is 0 Å². The van der Waals surface area contributed by atoms with Crippen molar-refractivity contribution < 1.29 is 9.90 Å². The number of rotatable bonds is 2. The highest BCUT2D eigenvalue weighted by Gasteiger charge is 2.13. The van der Waals surface area contributed by atoms with Gasteiger partial charge in [0.15, 0.2) is 0 Å². The fourth-order valence-electron chi connectivity index (χ4n) is 2.04. The lowest BCUT2D eigenvalue weighted by Gasteiger charge is -2.07. The van der Waals surface area contributed by atoms with Gasteiger partial charge in [0.05, 0.1) is 22.3 Å². The summed E-state index contributed by atoms with van der Waals surface area (Å²) in [5.74, 6) is -0.966.